The van der Waals surface area contributed by atoms with Crippen LogP contribution in [0.4, 0.5) is 0 Å². The Kier molecular flexibility index (Phi) is 2.86. The van der Waals surface area contributed by atoms with Crippen LogP contribution in [0.1, 0.15) is 17.9 Å². The van der Waals surface area contributed by atoms with Crippen molar-refractivity contribution in [1.82, 2.24) is 0 Å². The van der Waals surface area contributed by atoms with Crippen LogP contribution >= 0.6 is 0 Å². The van der Waals surface area contributed by atoms with Gasteiger partial charge in [0.25, 0.3) is 0 Å². The lowest BCUT2D eigenvalue weighted by molar-refractivity contribution is 0.194. The molecule has 1 atom stereocenters. The van der Waals surface area contributed by atoms with Gasteiger partial charge in [0.15, 0.2) is 0 Å². The molecule has 1 saturated heterocycles. The Morgan fingerprint density at radius 1 is 1.29 bits per heavy atom. The highest BCUT2D eigenvalue weighted by atomic mass is 16.5. The first-order valence-corrected chi connectivity index (χ1v) is 4.81. The van der Waals surface area contributed by atoms with Crippen LogP contribution in [-0.4, -0.2) is 30.4 Å². The van der Waals surface area contributed by atoms with Crippen LogP contribution in [0.5, 0.6) is 0 Å². The van der Waals surface area contributed by atoms with Crippen LogP contribution < -0.4 is 5.46 Å². The third-order valence-corrected chi connectivity index (χ3v) is 2.64. The quantitative estimate of drug-likeness (QED) is 0.641. The maximum Gasteiger partial charge on any atom is 0.488 e. The third kappa shape index (κ3) is 1.82. The van der Waals surface area contributed by atoms with E-state index in [4.69, 9.17) is 4.74 Å². The normalized spacial score (nSPS) is 21.1. The zero-order chi connectivity index (χ0) is 9.97. The Bertz CT molecular complexity index is 308. The van der Waals surface area contributed by atoms with Crippen molar-refractivity contribution < 1.29 is 14.8 Å². The van der Waals surface area contributed by atoms with E-state index in [0.717, 1.165) is 18.6 Å². The first-order valence-electron chi connectivity index (χ1n) is 4.81. The van der Waals surface area contributed by atoms with E-state index in [9.17, 15) is 10.0 Å². The highest BCUT2D eigenvalue weighted by Crippen LogP contribution is 2.23. The van der Waals surface area contributed by atoms with E-state index in [1.807, 2.05) is 18.2 Å². The molecule has 1 aromatic rings. The minimum absolute atomic E-state index is 0.313. The summed E-state index contributed by atoms with van der Waals surface area (Å²) in [6.45, 7) is 1.45. The fourth-order valence-corrected chi connectivity index (χ4v) is 1.90. The molecule has 2 N–H and O–H groups in total. The number of hydrogen-bond acceptors (Lipinski definition) is 3. The summed E-state index contributed by atoms with van der Waals surface area (Å²) in [4.78, 5) is 0. The number of hydrogen-bond donors (Lipinski definition) is 2. The van der Waals surface area contributed by atoms with E-state index in [1.54, 1.807) is 6.07 Å². The topological polar surface area (TPSA) is 49.7 Å². The number of benzene rings is 1. The van der Waals surface area contributed by atoms with E-state index in [1.165, 1.54) is 0 Å². The fourth-order valence-electron chi connectivity index (χ4n) is 1.90. The van der Waals surface area contributed by atoms with E-state index >= 15 is 0 Å². The predicted molar refractivity (Wildman–Crippen MR) is 54.4 cm³/mol. The molecule has 1 aliphatic heterocycles. The van der Waals surface area contributed by atoms with Crippen molar-refractivity contribution in [2.24, 2.45) is 0 Å². The van der Waals surface area contributed by atoms with Gasteiger partial charge in [0, 0.05) is 12.5 Å². The molecule has 1 aliphatic rings. The molecule has 2 rings (SSSR count). The van der Waals surface area contributed by atoms with Crippen molar-refractivity contribution in [3.8, 4) is 0 Å². The summed E-state index contributed by atoms with van der Waals surface area (Å²) >= 11 is 0. The molecule has 0 bridgehead atoms. The Morgan fingerprint density at radius 2 is 2.07 bits per heavy atom. The van der Waals surface area contributed by atoms with Crippen molar-refractivity contribution in [3.63, 3.8) is 0 Å². The Hall–Kier alpha value is -0.835. The highest BCUT2D eigenvalue weighted by Gasteiger charge is 2.24. The zero-order valence-electron chi connectivity index (χ0n) is 7.89. The Labute approximate surface area is 83.5 Å². The summed E-state index contributed by atoms with van der Waals surface area (Å²) < 4.78 is 5.28. The second-order valence-corrected chi connectivity index (χ2v) is 3.56. The van der Waals surface area contributed by atoms with Crippen LogP contribution in [0.25, 0.3) is 0 Å². The van der Waals surface area contributed by atoms with Gasteiger partial charge in [-0.25, -0.2) is 0 Å². The van der Waals surface area contributed by atoms with Gasteiger partial charge in [-0.15, -0.1) is 0 Å². The molecule has 1 fully saturated rings. The van der Waals surface area contributed by atoms with Crippen LogP contribution in [0.2, 0.25) is 0 Å². The Balaban J connectivity index is 2.30. The minimum Gasteiger partial charge on any atom is -0.423 e. The van der Waals surface area contributed by atoms with Crippen molar-refractivity contribution >= 4 is 12.6 Å². The van der Waals surface area contributed by atoms with Crippen LogP contribution in [0.15, 0.2) is 24.3 Å². The van der Waals surface area contributed by atoms with Crippen molar-refractivity contribution in [2.75, 3.05) is 13.2 Å². The molecule has 0 aliphatic carbocycles. The molecular weight excluding hydrogens is 179 g/mol. The number of rotatable bonds is 2. The molecule has 4 heteroatoms. The maximum absolute atomic E-state index is 9.18. The van der Waals surface area contributed by atoms with E-state index < -0.39 is 7.12 Å². The van der Waals surface area contributed by atoms with Gasteiger partial charge in [0.05, 0.1) is 6.61 Å². The second kappa shape index (κ2) is 4.13. The van der Waals surface area contributed by atoms with Gasteiger partial charge in [-0.05, 0) is 17.4 Å². The molecule has 1 heterocycles. The smallest absolute Gasteiger partial charge is 0.423 e. The lowest BCUT2D eigenvalue weighted by atomic mass is 9.74. The molecule has 0 aromatic heterocycles. The lowest BCUT2D eigenvalue weighted by Crippen LogP contribution is -2.34. The third-order valence-electron chi connectivity index (χ3n) is 2.64. The summed E-state index contributed by atoms with van der Waals surface area (Å²) in [5, 5.41) is 18.4. The van der Waals surface area contributed by atoms with Gasteiger partial charge in [-0.3, -0.25) is 0 Å². The van der Waals surface area contributed by atoms with E-state index in [0.29, 0.717) is 18.0 Å². The van der Waals surface area contributed by atoms with Crippen molar-refractivity contribution in [1.29, 1.82) is 0 Å². The molecule has 0 spiro atoms. The molecule has 74 valence electrons. The van der Waals surface area contributed by atoms with E-state index in [-0.39, 0.29) is 0 Å². The van der Waals surface area contributed by atoms with Gasteiger partial charge < -0.3 is 14.8 Å². The summed E-state index contributed by atoms with van der Waals surface area (Å²) in [5.74, 6) is 0.313. The average molecular weight is 192 g/mol. The van der Waals surface area contributed by atoms with Crippen LogP contribution in [0.3, 0.4) is 0 Å². The molecule has 0 amide bonds. The van der Waals surface area contributed by atoms with Gasteiger partial charge in [-0.1, -0.05) is 24.3 Å². The predicted octanol–water partition coefficient (Wildman–Crippen LogP) is -0.130. The Morgan fingerprint density at radius 3 is 2.71 bits per heavy atom. The first-order chi connectivity index (χ1) is 6.79. The summed E-state index contributed by atoms with van der Waals surface area (Å²) in [5.41, 5.74) is 1.60. The monoisotopic (exact) mass is 192 g/mol. The molecule has 3 nitrogen and oxygen atoms in total. The number of ether oxygens (including phenoxy) is 1. The lowest BCUT2D eigenvalue weighted by Gasteiger charge is -2.13. The first kappa shape index (κ1) is 9.71. The van der Waals surface area contributed by atoms with Gasteiger partial charge in [0.1, 0.15) is 0 Å². The average Bonchev–Trinajstić information content (AvgIpc) is 2.70. The largest absolute Gasteiger partial charge is 0.488 e. The summed E-state index contributed by atoms with van der Waals surface area (Å²) in [6.07, 6.45) is 0.962. The van der Waals surface area contributed by atoms with Crippen molar-refractivity contribution in [3.05, 3.63) is 29.8 Å². The molecular formula is C10H13BO3. The van der Waals surface area contributed by atoms with Crippen LogP contribution in [-0.2, 0) is 4.74 Å². The SMILES string of the molecule is OB(O)c1ccccc1C1CCOC1. The molecule has 1 aromatic carbocycles. The summed E-state index contributed by atoms with van der Waals surface area (Å²) in [7, 11) is -1.38. The maximum atomic E-state index is 9.18. The van der Waals surface area contributed by atoms with Crippen LogP contribution in [0, 0.1) is 0 Å². The summed E-state index contributed by atoms with van der Waals surface area (Å²) in [6, 6.07) is 7.42. The zero-order valence-corrected chi connectivity index (χ0v) is 7.89. The minimum atomic E-state index is -1.38. The van der Waals surface area contributed by atoms with Gasteiger partial charge in [0.2, 0.25) is 0 Å². The van der Waals surface area contributed by atoms with Crippen molar-refractivity contribution in [2.45, 2.75) is 12.3 Å². The molecule has 14 heavy (non-hydrogen) atoms. The molecule has 1 unspecified atom stereocenters. The standard InChI is InChI=1S/C10H13BO3/c12-11(13)10-4-2-1-3-9(10)8-5-6-14-7-8/h1-4,8,12-13H,5-7H2. The van der Waals surface area contributed by atoms with Gasteiger partial charge in [-0.2, -0.15) is 0 Å². The fraction of sp³-hybridized carbons (Fsp3) is 0.400. The molecule has 0 radical (unpaired) electrons. The van der Waals surface area contributed by atoms with Gasteiger partial charge >= 0.3 is 7.12 Å². The molecule has 0 saturated carbocycles. The van der Waals surface area contributed by atoms with E-state index in [2.05, 4.69) is 0 Å². The second-order valence-electron chi connectivity index (χ2n) is 3.56. The highest BCUT2D eigenvalue weighted by molar-refractivity contribution is 6.59.